The summed E-state index contributed by atoms with van der Waals surface area (Å²) < 4.78 is 0. The van der Waals surface area contributed by atoms with E-state index in [4.69, 9.17) is 0 Å². The molecule has 0 aromatic rings. The van der Waals surface area contributed by atoms with Crippen molar-refractivity contribution < 1.29 is 14.7 Å². The highest BCUT2D eigenvalue weighted by Crippen LogP contribution is 2.32. The number of carboxylic acids is 1. The third kappa shape index (κ3) is 3.47. The van der Waals surface area contributed by atoms with Gasteiger partial charge in [-0.3, -0.25) is 14.5 Å². The lowest BCUT2D eigenvalue weighted by Crippen LogP contribution is -2.55. The van der Waals surface area contributed by atoms with Crippen molar-refractivity contribution in [3.63, 3.8) is 0 Å². The van der Waals surface area contributed by atoms with E-state index in [1.165, 1.54) is 0 Å². The van der Waals surface area contributed by atoms with E-state index in [9.17, 15) is 14.7 Å². The molecule has 19 heavy (non-hydrogen) atoms. The summed E-state index contributed by atoms with van der Waals surface area (Å²) >= 11 is 0. The fourth-order valence-electron chi connectivity index (χ4n) is 2.64. The lowest BCUT2D eigenvalue weighted by Gasteiger charge is -2.34. The average Bonchev–Trinajstić information content (AvgIpc) is 2.72. The number of nitrogens with one attached hydrogen (secondary N) is 1. The Morgan fingerprint density at radius 2 is 2.00 bits per heavy atom. The van der Waals surface area contributed by atoms with Crippen LogP contribution in [0.1, 0.15) is 53.4 Å². The number of nitrogens with zero attached hydrogens (tertiary/aromatic N) is 1. The molecule has 0 saturated carbocycles. The molecule has 1 aliphatic rings. The van der Waals surface area contributed by atoms with Crippen LogP contribution in [-0.2, 0) is 9.59 Å². The first-order chi connectivity index (χ1) is 8.77. The van der Waals surface area contributed by atoms with Gasteiger partial charge in [-0.1, -0.05) is 13.8 Å². The highest BCUT2D eigenvalue weighted by molar-refractivity contribution is 5.83. The van der Waals surface area contributed by atoms with Crippen molar-refractivity contribution in [1.29, 1.82) is 0 Å². The van der Waals surface area contributed by atoms with Gasteiger partial charge in [0.25, 0.3) is 0 Å². The van der Waals surface area contributed by atoms with Crippen molar-refractivity contribution in [2.75, 3.05) is 13.1 Å². The summed E-state index contributed by atoms with van der Waals surface area (Å²) in [5.74, 6) is -0.900. The molecule has 5 nitrogen and oxygen atoms in total. The van der Waals surface area contributed by atoms with Crippen LogP contribution in [0.4, 0.5) is 0 Å². The summed E-state index contributed by atoms with van der Waals surface area (Å²) in [6, 6.07) is 0. The number of rotatable bonds is 6. The highest BCUT2D eigenvalue weighted by Gasteiger charge is 2.46. The quantitative estimate of drug-likeness (QED) is 0.769. The van der Waals surface area contributed by atoms with Crippen molar-refractivity contribution in [1.82, 2.24) is 10.2 Å². The molecule has 0 aromatic heterocycles. The van der Waals surface area contributed by atoms with E-state index in [0.717, 1.165) is 12.8 Å². The lowest BCUT2D eigenvalue weighted by molar-refractivity contribution is -0.150. The number of carbonyl (C=O) groups excluding carboxylic acids is 1. The van der Waals surface area contributed by atoms with E-state index >= 15 is 0 Å². The molecule has 1 amide bonds. The van der Waals surface area contributed by atoms with Crippen molar-refractivity contribution in [2.24, 2.45) is 0 Å². The maximum absolute atomic E-state index is 12.1. The summed E-state index contributed by atoms with van der Waals surface area (Å²) in [4.78, 5) is 25.4. The lowest BCUT2D eigenvalue weighted by atomic mass is 9.93. The van der Waals surface area contributed by atoms with Gasteiger partial charge < -0.3 is 10.4 Å². The molecule has 5 heteroatoms. The second-order valence-corrected chi connectivity index (χ2v) is 6.00. The fourth-order valence-corrected chi connectivity index (χ4v) is 2.64. The van der Waals surface area contributed by atoms with Crippen LogP contribution in [0.3, 0.4) is 0 Å². The number of likely N-dealkylation sites (tertiary alicyclic amines) is 1. The van der Waals surface area contributed by atoms with Crippen LogP contribution in [0.5, 0.6) is 0 Å². The number of amides is 1. The Hall–Kier alpha value is -1.10. The Balaban J connectivity index is 2.70. The molecule has 0 radical (unpaired) electrons. The topological polar surface area (TPSA) is 69.6 Å². The molecule has 1 aliphatic heterocycles. The molecule has 0 spiro atoms. The first-order valence-electron chi connectivity index (χ1n) is 7.07. The van der Waals surface area contributed by atoms with Gasteiger partial charge in [0.15, 0.2) is 0 Å². The largest absolute Gasteiger partial charge is 0.480 e. The summed E-state index contributed by atoms with van der Waals surface area (Å²) in [5, 5.41) is 12.4. The minimum atomic E-state index is -0.853. The normalized spacial score (nSPS) is 24.4. The van der Waals surface area contributed by atoms with Gasteiger partial charge in [0.05, 0.1) is 6.54 Å². The molecule has 110 valence electrons. The second-order valence-electron chi connectivity index (χ2n) is 6.00. The molecule has 0 aliphatic carbocycles. The molecule has 1 unspecified atom stereocenters. The summed E-state index contributed by atoms with van der Waals surface area (Å²) in [5.41, 5.74) is -1.09. The van der Waals surface area contributed by atoms with E-state index in [-0.39, 0.29) is 18.0 Å². The van der Waals surface area contributed by atoms with E-state index in [2.05, 4.69) is 5.32 Å². The van der Waals surface area contributed by atoms with Crippen LogP contribution in [-0.4, -0.2) is 46.1 Å². The predicted molar refractivity (Wildman–Crippen MR) is 74.0 cm³/mol. The minimum Gasteiger partial charge on any atom is -0.480 e. The fraction of sp³-hybridized carbons (Fsp3) is 0.857. The number of hydrogen-bond donors (Lipinski definition) is 2. The first-order valence-corrected chi connectivity index (χ1v) is 7.07. The zero-order valence-corrected chi connectivity index (χ0v) is 12.5. The molecule has 1 atom stereocenters. The van der Waals surface area contributed by atoms with Gasteiger partial charge in [0, 0.05) is 5.54 Å². The molecular formula is C14H26N2O3. The molecular weight excluding hydrogens is 244 g/mol. The third-order valence-electron chi connectivity index (χ3n) is 4.30. The molecule has 1 saturated heterocycles. The van der Waals surface area contributed by atoms with E-state index in [0.29, 0.717) is 19.4 Å². The number of hydrogen-bond acceptors (Lipinski definition) is 3. The monoisotopic (exact) mass is 270 g/mol. The first kappa shape index (κ1) is 16.0. The van der Waals surface area contributed by atoms with Crippen molar-refractivity contribution in [3.05, 3.63) is 0 Å². The Morgan fingerprint density at radius 1 is 1.37 bits per heavy atom. The van der Waals surface area contributed by atoms with Gasteiger partial charge in [0.1, 0.15) is 5.54 Å². The Labute approximate surface area is 115 Å². The second kappa shape index (κ2) is 5.90. The van der Waals surface area contributed by atoms with Crippen LogP contribution < -0.4 is 5.32 Å². The highest BCUT2D eigenvalue weighted by atomic mass is 16.4. The third-order valence-corrected chi connectivity index (χ3v) is 4.30. The van der Waals surface area contributed by atoms with Gasteiger partial charge in [-0.25, -0.2) is 0 Å². The maximum Gasteiger partial charge on any atom is 0.324 e. The van der Waals surface area contributed by atoms with Crippen LogP contribution in [0.2, 0.25) is 0 Å². The Morgan fingerprint density at radius 3 is 2.47 bits per heavy atom. The van der Waals surface area contributed by atoms with E-state index < -0.39 is 11.5 Å². The SMILES string of the molecule is CCC(C)(C)NC(=O)CN1CCCC1(CC)C(=O)O. The molecule has 0 aromatic carbocycles. The summed E-state index contributed by atoms with van der Waals surface area (Å²) in [6.45, 7) is 8.69. The van der Waals surface area contributed by atoms with E-state index in [1.54, 1.807) is 0 Å². The van der Waals surface area contributed by atoms with Crippen molar-refractivity contribution in [2.45, 2.75) is 64.5 Å². The van der Waals surface area contributed by atoms with Gasteiger partial charge in [-0.2, -0.15) is 0 Å². The van der Waals surface area contributed by atoms with Gasteiger partial charge in [-0.05, 0) is 46.1 Å². The molecule has 2 N–H and O–H groups in total. The average molecular weight is 270 g/mol. The van der Waals surface area contributed by atoms with E-state index in [1.807, 2.05) is 32.6 Å². The summed E-state index contributed by atoms with van der Waals surface area (Å²) in [6.07, 6.45) is 2.84. The molecule has 1 rings (SSSR count). The minimum absolute atomic E-state index is 0.0900. The smallest absolute Gasteiger partial charge is 0.324 e. The Kier molecular flexibility index (Phi) is 4.96. The standard InChI is InChI=1S/C14H26N2O3/c1-5-13(3,4)15-11(17)10-16-9-7-8-14(16,6-2)12(18)19/h5-10H2,1-4H3,(H,15,17)(H,18,19). The van der Waals surface area contributed by atoms with Crippen LogP contribution in [0.15, 0.2) is 0 Å². The molecule has 0 bridgehead atoms. The van der Waals surface area contributed by atoms with Gasteiger partial charge in [0.2, 0.25) is 5.91 Å². The maximum atomic E-state index is 12.1. The zero-order valence-electron chi connectivity index (χ0n) is 12.5. The van der Waals surface area contributed by atoms with Gasteiger partial charge in [-0.15, -0.1) is 0 Å². The summed E-state index contributed by atoms with van der Waals surface area (Å²) in [7, 11) is 0. The Bertz CT molecular complexity index is 355. The number of carboxylic acid groups (broad SMARTS) is 1. The van der Waals surface area contributed by atoms with Crippen molar-refractivity contribution >= 4 is 11.9 Å². The molecule has 1 heterocycles. The van der Waals surface area contributed by atoms with Crippen LogP contribution >= 0.6 is 0 Å². The number of aliphatic carboxylic acids is 1. The van der Waals surface area contributed by atoms with Crippen molar-refractivity contribution in [3.8, 4) is 0 Å². The van der Waals surface area contributed by atoms with Crippen LogP contribution in [0, 0.1) is 0 Å². The van der Waals surface area contributed by atoms with Gasteiger partial charge >= 0.3 is 5.97 Å². The number of carbonyl (C=O) groups is 2. The predicted octanol–water partition coefficient (Wildman–Crippen LogP) is 1.62. The zero-order chi connectivity index (χ0) is 14.7. The molecule has 1 fully saturated rings. The van der Waals surface area contributed by atoms with Crippen LogP contribution in [0.25, 0.3) is 0 Å².